The van der Waals surface area contributed by atoms with Crippen molar-refractivity contribution in [1.29, 1.82) is 0 Å². The highest BCUT2D eigenvalue weighted by molar-refractivity contribution is 5.40. The molecule has 2 atom stereocenters. The highest BCUT2D eigenvalue weighted by Crippen LogP contribution is 2.31. The van der Waals surface area contributed by atoms with Crippen molar-refractivity contribution in [2.45, 2.75) is 18.3 Å². The summed E-state index contributed by atoms with van der Waals surface area (Å²) in [5, 5.41) is 10.6. The lowest BCUT2D eigenvalue weighted by atomic mass is 10.0. The van der Waals surface area contributed by atoms with Crippen LogP contribution in [0.3, 0.4) is 0 Å². The van der Waals surface area contributed by atoms with E-state index in [1.165, 1.54) is 0 Å². The molecule has 1 aliphatic rings. The van der Waals surface area contributed by atoms with Gasteiger partial charge in [-0.25, -0.2) is 0 Å². The fraction of sp³-hybridized carbons (Fsp3) is 0.308. The van der Waals surface area contributed by atoms with Crippen molar-refractivity contribution < 1.29 is 19.3 Å². The number of aliphatic hydroxyl groups excluding tert-OH is 1. The van der Waals surface area contributed by atoms with E-state index < -0.39 is 6.10 Å². The van der Waals surface area contributed by atoms with E-state index in [0.717, 1.165) is 22.6 Å². The fourth-order valence-electron chi connectivity index (χ4n) is 3.84. The molecule has 0 fully saturated rings. The minimum absolute atomic E-state index is 0.0746. The number of fused-ring (bicyclic) bond motifs is 1. The molecule has 0 saturated heterocycles. The zero-order chi connectivity index (χ0) is 21.5. The van der Waals surface area contributed by atoms with Gasteiger partial charge in [-0.15, -0.1) is 0 Å². The van der Waals surface area contributed by atoms with Crippen LogP contribution in [0.4, 0.5) is 0 Å². The first-order valence-corrected chi connectivity index (χ1v) is 10.7. The molecule has 1 aliphatic heterocycles. The number of para-hydroxylation sites is 2. The third-order valence-electron chi connectivity index (χ3n) is 5.27. The number of aliphatic hydroxyl groups is 1. The molecule has 1 N–H and O–H groups in total. The number of nitrogens with zero attached hydrogens (tertiary/aromatic N) is 1. The minimum Gasteiger partial charge on any atom is -0.486 e. The molecule has 0 aliphatic carbocycles. The van der Waals surface area contributed by atoms with E-state index in [2.05, 4.69) is 29.2 Å². The van der Waals surface area contributed by atoms with Crippen LogP contribution < -0.4 is 9.47 Å². The van der Waals surface area contributed by atoms with Gasteiger partial charge in [-0.3, -0.25) is 4.90 Å². The predicted octanol–water partition coefficient (Wildman–Crippen LogP) is 3.93. The maximum Gasteiger partial charge on any atom is 0.161 e. The number of benzene rings is 3. The average Bonchev–Trinajstić information content (AvgIpc) is 2.80. The lowest BCUT2D eigenvalue weighted by Gasteiger charge is -2.30. The smallest absolute Gasteiger partial charge is 0.161 e. The molecular weight excluding hydrogens is 390 g/mol. The van der Waals surface area contributed by atoms with Gasteiger partial charge in [-0.1, -0.05) is 72.8 Å². The molecular formula is C26H29NO4. The molecule has 0 amide bonds. The standard InChI is InChI=1S/C26H29NO4/c1-27(17-23-19-29-24-14-8-9-15-25(24)31-23)16-22(28)18-30-26(20-10-4-2-5-11-20)21-12-6-3-7-13-21/h2-15,22-23,26,28H,16-19H2,1H3/t22-,23+/m0/s1. The Morgan fingerprint density at radius 2 is 1.48 bits per heavy atom. The van der Waals surface area contributed by atoms with E-state index >= 15 is 0 Å². The van der Waals surface area contributed by atoms with Gasteiger partial charge in [0.05, 0.1) is 12.7 Å². The van der Waals surface area contributed by atoms with Crippen molar-refractivity contribution in [2.75, 3.05) is 33.4 Å². The molecule has 0 unspecified atom stereocenters. The second kappa shape index (κ2) is 10.4. The van der Waals surface area contributed by atoms with Crippen molar-refractivity contribution in [3.05, 3.63) is 96.1 Å². The lowest BCUT2D eigenvalue weighted by Crippen LogP contribution is -2.42. The quantitative estimate of drug-likeness (QED) is 0.570. The Labute approximate surface area is 183 Å². The molecule has 162 valence electrons. The van der Waals surface area contributed by atoms with Crippen LogP contribution in [-0.4, -0.2) is 55.6 Å². The van der Waals surface area contributed by atoms with Crippen molar-refractivity contribution >= 4 is 0 Å². The highest BCUT2D eigenvalue weighted by Gasteiger charge is 2.23. The molecule has 3 aromatic carbocycles. The number of hydrogen-bond acceptors (Lipinski definition) is 5. The summed E-state index contributed by atoms with van der Waals surface area (Å²) >= 11 is 0. The molecule has 0 spiro atoms. The Hall–Kier alpha value is -2.86. The van der Waals surface area contributed by atoms with Crippen LogP contribution in [0.25, 0.3) is 0 Å². The van der Waals surface area contributed by atoms with Gasteiger partial charge >= 0.3 is 0 Å². The molecule has 5 nitrogen and oxygen atoms in total. The Balaban J connectivity index is 1.30. The minimum atomic E-state index is -0.614. The Bertz CT molecular complexity index is 895. The zero-order valence-electron chi connectivity index (χ0n) is 17.8. The summed E-state index contributed by atoms with van der Waals surface area (Å²) in [6.07, 6.45) is -0.903. The molecule has 1 heterocycles. The maximum atomic E-state index is 10.6. The average molecular weight is 420 g/mol. The molecule has 3 aromatic rings. The van der Waals surface area contributed by atoms with Gasteiger partial charge in [0, 0.05) is 13.1 Å². The summed E-state index contributed by atoms with van der Waals surface area (Å²) in [6.45, 7) is 1.88. The molecule has 0 saturated carbocycles. The van der Waals surface area contributed by atoms with Gasteiger partial charge in [0.1, 0.15) is 18.8 Å². The van der Waals surface area contributed by atoms with Crippen LogP contribution in [0.2, 0.25) is 0 Å². The molecule has 0 aromatic heterocycles. The van der Waals surface area contributed by atoms with E-state index in [1.807, 2.05) is 67.7 Å². The first-order valence-electron chi connectivity index (χ1n) is 10.7. The summed E-state index contributed by atoms with van der Waals surface area (Å²) < 4.78 is 18.0. The van der Waals surface area contributed by atoms with Crippen LogP contribution in [0, 0.1) is 0 Å². The van der Waals surface area contributed by atoms with Gasteiger partial charge in [-0.2, -0.15) is 0 Å². The van der Waals surface area contributed by atoms with Gasteiger partial charge in [0.2, 0.25) is 0 Å². The Morgan fingerprint density at radius 3 is 2.13 bits per heavy atom. The Kier molecular flexibility index (Phi) is 7.20. The highest BCUT2D eigenvalue weighted by atomic mass is 16.6. The summed E-state index contributed by atoms with van der Waals surface area (Å²) in [4.78, 5) is 2.05. The van der Waals surface area contributed by atoms with Crippen molar-refractivity contribution in [3.8, 4) is 11.5 Å². The topological polar surface area (TPSA) is 51.2 Å². The van der Waals surface area contributed by atoms with Crippen molar-refractivity contribution in [1.82, 2.24) is 4.90 Å². The van der Waals surface area contributed by atoms with Crippen LogP contribution >= 0.6 is 0 Å². The van der Waals surface area contributed by atoms with Crippen molar-refractivity contribution in [3.63, 3.8) is 0 Å². The summed E-state index contributed by atoms with van der Waals surface area (Å²) in [5.41, 5.74) is 2.14. The van der Waals surface area contributed by atoms with E-state index in [9.17, 15) is 5.11 Å². The second-order valence-electron chi connectivity index (χ2n) is 7.91. The van der Waals surface area contributed by atoms with Gasteiger partial charge in [-0.05, 0) is 30.3 Å². The molecule has 31 heavy (non-hydrogen) atoms. The number of rotatable bonds is 9. The predicted molar refractivity (Wildman–Crippen MR) is 121 cm³/mol. The maximum absolute atomic E-state index is 10.6. The molecule has 0 bridgehead atoms. The summed E-state index contributed by atoms with van der Waals surface area (Å²) in [7, 11) is 1.97. The van der Waals surface area contributed by atoms with Crippen molar-refractivity contribution in [2.24, 2.45) is 0 Å². The normalized spacial score (nSPS) is 16.5. The van der Waals surface area contributed by atoms with Crippen LogP contribution in [0.5, 0.6) is 11.5 Å². The van der Waals surface area contributed by atoms with E-state index in [4.69, 9.17) is 14.2 Å². The lowest BCUT2D eigenvalue weighted by molar-refractivity contribution is -0.0123. The monoisotopic (exact) mass is 419 g/mol. The molecule has 5 heteroatoms. The first kappa shape index (κ1) is 21.4. The summed E-state index contributed by atoms with van der Waals surface area (Å²) in [5.74, 6) is 1.55. The summed E-state index contributed by atoms with van der Waals surface area (Å²) in [6, 6.07) is 27.9. The fourth-order valence-corrected chi connectivity index (χ4v) is 3.84. The van der Waals surface area contributed by atoms with Gasteiger partial charge < -0.3 is 19.3 Å². The molecule has 4 rings (SSSR count). The van der Waals surface area contributed by atoms with Gasteiger partial charge in [0.25, 0.3) is 0 Å². The zero-order valence-corrected chi connectivity index (χ0v) is 17.8. The van der Waals surface area contributed by atoms with Crippen LogP contribution in [-0.2, 0) is 4.74 Å². The number of hydrogen-bond donors (Lipinski definition) is 1. The van der Waals surface area contributed by atoms with Gasteiger partial charge in [0.15, 0.2) is 11.5 Å². The number of likely N-dealkylation sites (N-methyl/N-ethyl adjacent to an activating group) is 1. The third-order valence-corrected chi connectivity index (χ3v) is 5.27. The van der Waals surface area contributed by atoms with E-state index in [0.29, 0.717) is 19.7 Å². The van der Waals surface area contributed by atoms with E-state index in [1.54, 1.807) is 0 Å². The van der Waals surface area contributed by atoms with Crippen LogP contribution in [0.1, 0.15) is 17.2 Å². The Morgan fingerprint density at radius 1 is 0.903 bits per heavy atom. The second-order valence-corrected chi connectivity index (χ2v) is 7.91. The molecule has 0 radical (unpaired) electrons. The van der Waals surface area contributed by atoms with Crippen LogP contribution in [0.15, 0.2) is 84.9 Å². The largest absolute Gasteiger partial charge is 0.486 e. The third kappa shape index (κ3) is 5.85. The number of ether oxygens (including phenoxy) is 3. The first-order chi connectivity index (χ1) is 15.2. The van der Waals surface area contributed by atoms with E-state index in [-0.39, 0.29) is 18.8 Å². The SMILES string of the molecule is CN(C[C@H](O)COC(c1ccccc1)c1ccccc1)C[C@@H]1COc2ccccc2O1.